The van der Waals surface area contributed by atoms with Crippen LogP contribution in [0.25, 0.3) is 0 Å². The van der Waals surface area contributed by atoms with Crippen molar-refractivity contribution >= 4 is 23.1 Å². The van der Waals surface area contributed by atoms with Gasteiger partial charge in [-0.3, -0.25) is 19.1 Å². The van der Waals surface area contributed by atoms with Crippen molar-refractivity contribution < 1.29 is 9.18 Å². The van der Waals surface area contributed by atoms with Crippen LogP contribution in [-0.2, 0) is 11.3 Å². The number of likely N-dealkylation sites (N-methyl/N-ethyl adjacent to an activating group) is 1. The van der Waals surface area contributed by atoms with Gasteiger partial charge in [-0.15, -0.1) is 0 Å². The number of hydrogen-bond acceptors (Lipinski definition) is 5. The van der Waals surface area contributed by atoms with E-state index in [0.717, 1.165) is 5.56 Å². The first kappa shape index (κ1) is 20.8. The Morgan fingerprint density at radius 2 is 1.80 bits per heavy atom. The van der Waals surface area contributed by atoms with Crippen LogP contribution in [0.15, 0.2) is 64.2 Å². The fourth-order valence-corrected chi connectivity index (χ4v) is 3.06. The van der Waals surface area contributed by atoms with E-state index in [9.17, 15) is 18.8 Å². The van der Waals surface area contributed by atoms with Gasteiger partial charge < -0.3 is 16.0 Å². The zero-order valence-corrected chi connectivity index (χ0v) is 16.4. The van der Waals surface area contributed by atoms with Crippen LogP contribution in [0.2, 0.25) is 0 Å². The van der Waals surface area contributed by atoms with Crippen molar-refractivity contribution in [3.05, 3.63) is 86.8 Å². The van der Waals surface area contributed by atoms with Crippen molar-refractivity contribution in [2.24, 2.45) is 0 Å². The molecule has 0 spiro atoms. The molecule has 156 valence electrons. The van der Waals surface area contributed by atoms with Crippen LogP contribution in [0.1, 0.15) is 12.5 Å². The van der Waals surface area contributed by atoms with Gasteiger partial charge in [-0.1, -0.05) is 30.3 Å². The number of aromatic nitrogens is 2. The average molecular weight is 411 g/mol. The van der Waals surface area contributed by atoms with Crippen molar-refractivity contribution in [2.75, 3.05) is 29.0 Å². The zero-order valence-electron chi connectivity index (χ0n) is 16.4. The molecule has 1 aromatic heterocycles. The first-order valence-electron chi connectivity index (χ1n) is 9.36. The molecule has 9 heteroatoms. The molecule has 0 aliphatic carbocycles. The highest BCUT2D eigenvalue weighted by molar-refractivity contribution is 5.94. The SMILES string of the molecule is CCN(CC(=O)Nc1ccc(F)cc1)c1c(N)n(Cc2ccccc2)c(=O)[nH]c1=O. The molecule has 2 aromatic carbocycles. The van der Waals surface area contributed by atoms with Gasteiger partial charge in [0.1, 0.15) is 17.3 Å². The standard InChI is InChI=1S/C21H22FN5O3/c1-2-26(13-17(28)24-16-10-8-15(22)9-11-16)18-19(23)27(21(30)25-20(18)29)12-14-6-4-3-5-7-14/h3-11H,2,12-13,23H2,1H3,(H,24,28)(H,25,29,30). The van der Waals surface area contributed by atoms with Crippen LogP contribution in [0, 0.1) is 5.82 Å². The second-order valence-corrected chi connectivity index (χ2v) is 6.63. The van der Waals surface area contributed by atoms with Gasteiger partial charge in [-0.2, -0.15) is 0 Å². The number of carbonyl (C=O) groups is 1. The third kappa shape index (κ3) is 4.75. The van der Waals surface area contributed by atoms with E-state index in [-0.39, 0.29) is 24.6 Å². The van der Waals surface area contributed by atoms with Gasteiger partial charge in [0, 0.05) is 12.2 Å². The number of benzene rings is 2. The summed E-state index contributed by atoms with van der Waals surface area (Å²) in [5, 5.41) is 2.64. The van der Waals surface area contributed by atoms with E-state index in [1.54, 1.807) is 6.92 Å². The number of anilines is 3. The summed E-state index contributed by atoms with van der Waals surface area (Å²) in [6.45, 7) is 2.06. The van der Waals surface area contributed by atoms with Crippen LogP contribution >= 0.6 is 0 Å². The molecule has 3 rings (SSSR count). The third-order valence-electron chi connectivity index (χ3n) is 4.56. The summed E-state index contributed by atoms with van der Waals surface area (Å²) in [4.78, 5) is 41.0. The van der Waals surface area contributed by atoms with E-state index < -0.39 is 23.0 Å². The number of hydrogen-bond donors (Lipinski definition) is 3. The predicted octanol–water partition coefficient (Wildman–Crippen LogP) is 1.77. The van der Waals surface area contributed by atoms with Crippen molar-refractivity contribution in [1.29, 1.82) is 0 Å². The van der Waals surface area contributed by atoms with E-state index in [1.807, 2.05) is 30.3 Å². The van der Waals surface area contributed by atoms with E-state index in [0.29, 0.717) is 12.2 Å². The van der Waals surface area contributed by atoms with Crippen molar-refractivity contribution in [3.63, 3.8) is 0 Å². The highest BCUT2D eigenvalue weighted by Gasteiger charge is 2.20. The molecule has 0 fully saturated rings. The maximum atomic E-state index is 13.0. The minimum atomic E-state index is -0.668. The van der Waals surface area contributed by atoms with Gasteiger partial charge in [-0.25, -0.2) is 9.18 Å². The highest BCUT2D eigenvalue weighted by Crippen LogP contribution is 2.18. The molecule has 4 N–H and O–H groups in total. The topological polar surface area (TPSA) is 113 Å². The number of nitrogens with one attached hydrogen (secondary N) is 2. The quantitative estimate of drug-likeness (QED) is 0.548. The molecule has 0 aliphatic heterocycles. The number of halogens is 1. The second kappa shape index (κ2) is 9.08. The lowest BCUT2D eigenvalue weighted by atomic mass is 10.2. The van der Waals surface area contributed by atoms with Gasteiger partial charge in [-0.05, 0) is 36.8 Å². The fraction of sp³-hybridized carbons (Fsp3) is 0.190. The largest absolute Gasteiger partial charge is 0.383 e. The first-order valence-corrected chi connectivity index (χ1v) is 9.36. The number of nitrogen functional groups attached to an aromatic ring is 1. The molecule has 1 heterocycles. The van der Waals surface area contributed by atoms with Crippen LogP contribution < -0.4 is 27.2 Å². The van der Waals surface area contributed by atoms with Crippen molar-refractivity contribution in [1.82, 2.24) is 9.55 Å². The number of aromatic amines is 1. The summed E-state index contributed by atoms with van der Waals surface area (Å²) in [5.41, 5.74) is 6.19. The van der Waals surface area contributed by atoms with Gasteiger partial charge in [0.15, 0.2) is 0 Å². The van der Waals surface area contributed by atoms with Crippen molar-refractivity contribution in [2.45, 2.75) is 13.5 Å². The smallest absolute Gasteiger partial charge is 0.330 e. The summed E-state index contributed by atoms with van der Waals surface area (Å²) in [7, 11) is 0. The first-order chi connectivity index (χ1) is 14.4. The molecule has 0 atom stereocenters. The summed E-state index contributed by atoms with van der Waals surface area (Å²) in [6.07, 6.45) is 0. The monoisotopic (exact) mass is 411 g/mol. The Balaban J connectivity index is 1.87. The minimum absolute atomic E-state index is 0.0240. The predicted molar refractivity (Wildman–Crippen MR) is 114 cm³/mol. The Labute approximate surface area is 171 Å². The molecule has 3 aromatic rings. The van der Waals surface area contributed by atoms with Gasteiger partial charge in [0.2, 0.25) is 5.91 Å². The second-order valence-electron chi connectivity index (χ2n) is 6.63. The third-order valence-corrected chi connectivity index (χ3v) is 4.56. The maximum Gasteiger partial charge on any atom is 0.330 e. The number of nitrogens with zero attached hydrogens (tertiary/aromatic N) is 2. The van der Waals surface area contributed by atoms with Gasteiger partial charge >= 0.3 is 5.69 Å². The van der Waals surface area contributed by atoms with Crippen LogP contribution in [0.4, 0.5) is 21.6 Å². The van der Waals surface area contributed by atoms with Gasteiger partial charge in [0.25, 0.3) is 5.56 Å². The Morgan fingerprint density at radius 1 is 1.13 bits per heavy atom. The van der Waals surface area contributed by atoms with Crippen LogP contribution in [0.5, 0.6) is 0 Å². The Hall–Kier alpha value is -3.88. The molecule has 0 bridgehead atoms. The molecular weight excluding hydrogens is 389 g/mol. The summed E-state index contributed by atoms with van der Waals surface area (Å²) in [5.74, 6) is -0.852. The summed E-state index contributed by atoms with van der Waals surface area (Å²) < 4.78 is 14.3. The molecule has 0 saturated carbocycles. The number of nitrogens with two attached hydrogens (primary N) is 1. The lowest BCUT2D eigenvalue weighted by molar-refractivity contribution is -0.115. The number of H-pyrrole nitrogens is 1. The lowest BCUT2D eigenvalue weighted by Gasteiger charge is -2.24. The van der Waals surface area contributed by atoms with Gasteiger partial charge in [0.05, 0.1) is 13.1 Å². The maximum absolute atomic E-state index is 13.0. The Kier molecular flexibility index (Phi) is 6.31. The highest BCUT2D eigenvalue weighted by atomic mass is 19.1. The fourth-order valence-electron chi connectivity index (χ4n) is 3.06. The molecular formula is C21H22FN5O3. The zero-order chi connectivity index (χ0) is 21.7. The molecule has 30 heavy (non-hydrogen) atoms. The molecule has 8 nitrogen and oxygen atoms in total. The Bertz CT molecular complexity index is 1140. The molecule has 0 saturated heterocycles. The van der Waals surface area contributed by atoms with Crippen LogP contribution in [0.3, 0.4) is 0 Å². The average Bonchev–Trinajstić information content (AvgIpc) is 2.72. The molecule has 0 radical (unpaired) electrons. The van der Waals surface area contributed by atoms with Crippen molar-refractivity contribution in [3.8, 4) is 0 Å². The van der Waals surface area contributed by atoms with E-state index in [1.165, 1.54) is 33.7 Å². The normalized spacial score (nSPS) is 10.6. The molecule has 0 unspecified atom stereocenters. The number of rotatable bonds is 7. The van der Waals surface area contributed by atoms with E-state index >= 15 is 0 Å². The minimum Gasteiger partial charge on any atom is -0.383 e. The number of amides is 1. The molecule has 0 aliphatic rings. The Morgan fingerprint density at radius 3 is 2.43 bits per heavy atom. The lowest BCUT2D eigenvalue weighted by Crippen LogP contribution is -2.41. The number of carbonyl (C=O) groups excluding carboxylic acids is 1. The van der Waals surface area contributed by atoms with Crippen LogP contribution in [-0.4, -0.2) is 28.5 Å². The summed E-state index contributed by atoms with van der Waals surface area (Å²) >= 11 is 0. The van der Waals surface area contributed by atoms with E-state index in [2.05, 4.69) is 10.3 Å². The van der Waals surface area contributed by atoms with E-state index in [4.69, 9.17) is 5.73 Å². The summed E-state index contributed by atoms with van der Waals surface area (Å²) in [6, 6.07) is 14.5. The molecule has 1 amide bonds.